The van der Waals surface area contributed by atoms with Crippen LogP contribution in [0.4, 0.5) is 0 Å². The number of hydrogen-bond acceptors (Lipinski definition) is 2. The van der Waals surface area contributed by atoms with Gasteiger partial charge in [-0.1, -0.05) is 27.5 Å². The molecule has 21 heavy (non-hydrogen) atoms. The minimum Gasteiger partial charge on any atom is -0.463 e. The topological polar surface area (TPSA) is 46.7 Å². The molecule has 0 radical (unpaired) electrons. The summed E-state index contributed by atoms with van der Waals surface area (Å²) in [4.78, 5) is 13.4. The van der Waals surface area contributed by atoms with Crippen LogP contribution in [0, 0.1) is 0 Å². The van der Waals surface area contributed by atoms with Crippen LogP contribution in [0.5, 0.6) is 0 Å². The summed E-state index contributed by atoms with van der Waals surface area (Å²) in [5, 5.41) is 3.34. The Hall–Kier alpha value is -1.30. The van der Waals surface area contributed by atoms with E-state index in [9.17, 15) is 4.79 Å². The molecule has 1 amide bonds. The second-order valence-electron chi connectivity index (χ2n) is 4.98. The Morgan fingerprint density at radius 1 is 1.43 bits per heavy atom. The first-order chi connectivity index (χ1) is 9.99. The summed E-state index contributed by atoms with van der Waals surface area (Å²) in [5.41, 5.74) is 0.456. The lowest BCUT2D eigenvalue weighted by Gasteiger charge is -2.20. The van der Waals surface area contributed by atoms with Crippen molar-refractivity contribution in [3.8, 4) is 0 Å². The summed E-state index contributed by atoms with van der Waals surface area (Å²) < 4.78 is 6.25. The zero-order valence-corrected chi connectivity index (χ0v) is 14.2. The molecule has 0 bridgehead atoms. The Morgan fingerprint density at radius 3 is 2.81 bits per heavy atom. The average Bonchev–Trinajstić information content (AvgIpc) is 2.95. The molecule has 2 aromatic rings. The molecule has 1 aromatic carbocycles. The first kappa shape index (κ1) is 16.1. The number of likely N-dealkylation sites (N-methyl/N-ethyl adjacent to an activating group) is 1. The molecule has 0 saturated heterocycles. The molecule has 1 aromatic heterocycles. The molecular formula is C15H17BrClN2O2+. The zero-order chi connectivity index (χ0) is 15.4. The standard InChI is InChI=1S/C15H16BrClN2O2/c1-19(2)13(14-4-3-7-21-14)9-18-15(20)11-8-10(16)5-6-12(11)17/h3-8,13H,9H2,1-2H3,(H,18,20)/p+1/t13-/m0/s1. The third-order valence-electron chi connectivity index (χ3n) is 3.22. The van der Waals surface area contributed by atoms with Gasteiger partial charge in [0.25, 0.3) is 5.91 Å². The number of furan rings is 1. The molecule has 112 valence electrons. The van der Waals surface area contributed by atoms with Gasteiger partial charge in [0, 0.05) is 4.47 Å². The molecule has 6 heteroatoms. The van der Waals surface area contributed by atoms with Crippen molar-refractivity contribution in [2.45, 2.75) is 6.04 Å². The maximum Gasteiger partial charge on any atom is 0.253 e. The van der Waals surface area contributed by atoms with Crippen molar-refractivity contribution in [1.29, 1.82) is 0 Å². The van der Waals surface area contributed by atoms with E-state index in [1.54, 1.807) is 24.5 Å². The molecule has 2 rings (SSSR count). The van der Waals surface area contributed by atoms with Gasteiger partial charge in [0.15, 0.2) is 11.8 Å². The fourth-order valence-corrected chi connectivity index (χ4v) is 2.60. The summed E-state index contributed by atoms with van der Waals surface area (Å²) in [7, 11) is 4.04. The molecule has 4 nitrogen and oxygen atoms in total. The maximum atomic E-state index is 12.3. The molecule has 0 fully saturated rings. The van der Waals surface area contributed by atoms with Gasteiger partial charge in [-0.15, -0.1) is 0 Å². The third-order valence-corrected chi connectivity index (χ3v) is 4.05. The van der Waals surface area contributed by atoms with Gasteiger partial charge >= 0.3 is 0 Å². The van der Waals surface area contributed by atoms with Crippen LogP contribution < -0.4 is 10.2 Å². The number of benzene rings is 1. The Bertz CT molecular complexity index is 614. The number of amides is 1. The van der Waals surface area contributed by atoms with Crippen molar-refractivity contribution >= 4 is 33.4 Å². The molecule has 0 aliphatic heterocycles. The molecule has 1 atom stereocenters. The molecule has 2 N–H and O–H groups in total. The Kier molecular flexibility index (Phi) is 5.45. The predicted molar refractivity (Wildman–Crippen MR) is 85.7 cm³/mol. The molecule has 0 aliphatic carbocycles. The predicted octanol–water partition coefficient (Wildman–Crippen LogP) is 2.31. The van der Waals surface area contributed by atoms with Crippen molar-refractivity contribution in [3.05, 3.63) is 57.4 Å². The lowest BCUT2D eigenvalue weighted by Crippen LogP contribution is -3.07. The first-order valence-electron chi connectivity index (χ1n) is 6.55. The second-order valence-corrected chi connectivity index (χ2v) is 6.30. The quantitative estimate of drug-likeness (QED) is 0.846. The Balaban J connectivity index is 2.07. The highest BCUT2D eigenvalue weighted by Gasteiger charge is 2.22. The van der Waals surface area contributed by atoms with E-state index in [0.717, 1.165) is 10.2 Å². The second kappa shape index (κ2) is 7.11. The fraction of sp³-hybridized carbons (Fsp3) is 0.267. The van der Waals surface area contributed by atoms with Gasteiger partial charge in [-0.2, -0.15) is 0 Å². The van der Waals surface area contributed by atoms with Gasteiger partial charge in [0.05, 0.1) is 37.5 Å². The van der Waals surface area contributed by atoms with Gasteiger partial charge in [0.2, 0.25) is 0 Å². The summed E-state index contributed by atoms with van der Waals surface area (Å²) in [6, 6.07) is 9.02. The van der Waals surface area contributed by atoms with Gasteiger partial charge < -0.3 is 14.6 Å². The van der Waals surface area contributed by atoms with Crippen molar-refractivity contribution in [1.82, 2.24) is 5.32 Å². The highest BCUT2D eigenvalue weighted by molar-refractivity contribution is 9.10. The Labute approximate surface area is 137 Å². The van der Waals surface area contributed by atoms with Crippen molar-refractivity contribution in [2.24, 2.45) is 0 Å². The zero-order valence-electron chi connectivity index (χ0n) is 11.8. The van der Waals surface area contributed by atoms with E-state index in [4.69, 9.17) is 16.0 Å². The Morgan fingerprint density at radius 2 is 2.19 bits per heavy atom. The van der Waals surface area contributed by atoms with Gasteiger partial charge in [-0.25, -0.2) is 0 Å². The highest BCUT2D eigenvalue weighted by Crippen LogP contribution is 2.21. The number of hydrogen-bond donors (Lipinski definition) is 2. The van der Waals surface area contributed by atoms with Gasteiger partial charge in [-0.05, 0) is 30.3 Å². The monoisotopic (exact) mass is 371 g/mol. The van der Waals surface area contributed by atoms with Crippen LogP contribution in [0.25, 0.3) is 0 Å². The van der Waals surface area contributed by atoms with Crippen LogP contribution >= 0.6 is 27.5 Å². The van der Waals surface area contributed by atoms with Crippen molar-refractivity contribution in [3.63, 3.8) is 0 Å². The molecule has 0 spiro atoms. The minimum absolute atomic E-state index is 0.0508. The van der Waals surface area contributed by atoms with Crippen LogP contribution in [0.1, 0.15) is 22.2 Å². The van der Waals surface area contributed by atoms with Gasteiger partial charge in [-0.3, -0.25) is 4.79 Å². The smallest absolute Gasteiger partial charge is 0.253 e. The summed E-state index contributed by atoms with van der Waals surface area (Å²) in [6.07, 6.45) is 1.64. The lowest BCUT2D eigenvalue weighted by atomic mass is 10.1. The maximum absolute atomic E-state index is 12.3. The van der Waals surface area contributed by atoms with E-state index in [1.807, 2.05) is 26.2 Å². The number of carbonyl (C=O) groups excluding carboxylic acids is 1. The van der Waals surface area contributed by atoms with E-state index in [1.165, 1.54) is 4.90 Å². The fourth-order valence-electron chi connectivity index (χ4n) is 2.04. The summed E-state index contributed by atoms with van der Waals surface area (Å²) >= 11 is 9.40. The van der Waals surface area contributed by atoms with Crippen LogP contribution in [0.2, 0.25) is 5.02 Å². The summed E-state index contributed by atoms with van der Waals surface area (Å²) in [5.74, 6) is 0.648. The van der Waals surface area contributed by atoms with E-state index in [0.29, 0.717) is 17.1 Å². The van der Waals surface area contributed by atoms with Crippen molar-refractivity contribution < 1.29 is 14.1 Å². The number of rotatable bonds is 5. The average molecular weight is 373 g/mol. The van der Waals surface area contributed by atoms with Crippen molar-refractivity contribution in [2.75, 3.05) is 20.6 Å². The number of nitrogens with one attached hydrogen (secondary N) is 2. The lowest BCUT2D eigenvalue weighted by molar-refractivity contribution is -0.891. The first-order valence-corrected chi connectivity index (χ1v) is 7.73. The molecule has 0 unspecified atom stereocenters. The largest absolute Gasteiger partial charge is 0.463 e. The van der Waals surface area contributed by atoms with E-state index in [2.05, 4.69) is 21.2 Å². The normalized spacial score (nSPS) is 12.4. The van der Waals surface area contributed by atoms with E-state index >= 15 is 0 Å². The highest BCUT2D eigenvalue weighted by atomic mass is 79.9. The number of quaternary nitrogens is 1. The SMILES string of the molecule is C[NH+](C)[C@@H](CNC(=O)c1cc(Br)ccc1Cl)c1ccco1. The van der Waals surface area contributed by atoms with Crippen LogP contribution in [0.15, 0.2) is 45.5 Å². The number of halogens is 2. The van der Waals surface area contributed by atoms with E-state index in [-0.39, 0.29) is 11.9 Å². The minimum atomic E-state index is -0.195. The molecule has 1 heterocycles. The number of carbonyl (C=O) groups is 1. The molecular weight excluding hydrogens is 356 g/mol. The van der Waals surface area contributed by atoms with Crippen LogP contribution in [-0.4, -0.2) is 26.5 Å². The summed E-state index contributed by atoms with van der Waals surface area (Å²) in [6.45, 7) is 0.470. The van der Waals surface area contributed by atoms with Crippen LogP contribution in [-0.2, 0) is 0 Å². The van der Waals surface area contributed by atoms with E-state index < -0.39 is 0 Å². The third kappa shape index (κ3) is 4.09. The molecule has 0 aliphatic rings. The van der Waals surface area contributed by atoms with Crippen LogP contribution in [0.3, 0.4) is 0 Å². The molecule has 0 saturated carbocycles. The van der Waals surface area contributed by atoms with Gasteiger partial charge in [0.1, 0.15) is 0 Å².